The van der Waals surface area contributed by atoms with Crippen LogP contribution in [0.1, 0.15) is 19.8 Å². The van der Waals surface area contributed by atoms with Crippen LogP contribution in [0.3, 0.4) is 0 Å². The number of piperidine rings is 1. The van der Waals surface area contributed by atoms with Crippen molar-refractivity contribution in [1.29, 1.82) is 0 Å². The summed E-state index contributed by atoms with van der Waals surface area (Å²) in [5.41, 5.74) is 0. The third-order valence-corrected chi connectivity index (χ3v) is 2.41. The molecule has 0 bridgehead atoms. The van der Waals surface area contributed by atoms with Crippen molar-refractivity contribution in [3.8, 4) is 0 Å². The highest BCUT2D eigenvalue weighted by molar-refractivity contribution is 5.73. The van der Waals surface area contributed by atoms with E-state index in [1.807, 2.05) is 0 Å². The molecule has 0 radical (unpaired) electrons. The number of carboxylic acids is 1. The van der Waals surface area contributed by atoms with Crippen molar-refractivity contribution < 1.29 is 14.7 Å². The molecule has 0 aliphatic carbocycles. The molecule has 1 atom stereocenters. The van der Waals surface area contributed by atoms with Crippen LogP contribution in [0.15, 0.2) is 0 Å². The number of aliphatic carboxylic acids is 1. The number of hydrogen-bond donors (Lipinski definition) is 2. The number of rotatable bonds is 3. The molecular weight excluding hydrogens is 184 g/mol. The van der Waals surface area contributed by atoms with Gasteiger partial charge in [-0.3, -0.25) is 9.59 Å². The molecule has 2 N–H and O–H groups in total. The van der Waals surface area contributed by atoms with E-state index in [9.17, 15) is 9.59 Å². The Hall–Kier alpha value is -1.10. The molecule has 0 spiro atoms. The van der Waals surface area contributed by atoms with Crippen LogP contribution in [0.4, 0.5) is 0 Å². The Kier molecular flexibility index (Phi) is 3.88. The van der Waals surface area contributed by atoms with E-state index in [-0.39, 0.29) is 18.5 Å². The minimum absolute atomic E-state index is 0.0313. The predicted octanol–water partition coefficient (Wildman–Crippen LogP) is -0.328. The normalized spacial score (nSPS) is 22.1. The van der Waals surface area contributed by atoms with Gasteiger partial charge in [0.2, 0.25) is 5.91 Å². The smallest absolute Gasteiger partial charge is 0.317 e. The molecule has 1 aliphatic rings. The molecule has 0 aromatic rings. The van der Waals surface area contributed by atoms with Gasteiger partial charge in [-0.05, 0) is 12.8 Å². The number of nitrogens with zero attached hydrogens (tertiary/aromatic N) is 1. The van der Waals surface area contributed by atoms with Crippen LogP contribution in [0.5, 0.6) is 0 Å². The lowest BCUT2D eigenvalue weighted by atomic mass is 10.1. The molecule has 5 heteroatoms. The second-order valence-corrected chi connectivity index (χ2v) is 3.58. The molecule has 80 valence electrons. The third kappa shape index (κ3) is 3.33. The van der Waals surface area contributed by atoms with E-state index in [1.54, 1.807) is 11.8 Å². The van der Waals surface area contributed by atoms with Gasteiger partial charge in [0.05, 0.1) is 6.54 Å². The summed E-state index contributed by atoms with van der Waals surface area (Å²) in [6, 6.07) is 0.128. The molecule has 1 fully saturated rings. The van der Waals surface area contributed by atoms with Crippen molar-refractivity contribution in [1.82, 2.24) is 10.2 Å². The maximum Gasteiger partial charge on any atom is 0.317 e. The number of hydrogen-bond acceptors (Lipinski definition) is 3. The summed E-state index contributed by atoms with van der Waals surface area (Å²) in [5, 5.41) is 11.4. The van der Waals surface area contributed by atoms with Crippen molar-refractivity contribution >= 4 is 11.9 Å². The lowest BCUT2D eigenvalue weighted by molar-refractivity contribution is -0.136. The van der Waals surface area contributed by atoms with Crippen molar-refractivity contribution in [2.24, 2.45) is 0 Å². The second-order valence-electron chi connectivity index (χ2n) is 3.58. The summed E-state index contributed by atoms with van der Waals surface area (Å²) in [5.74, 6) is -0.795. The zero-order chi connectivity index (χ0) is 10.6. The zero-order valence-corrected chi connectivity index (χ0v) is 8.32. The maximum atomic E-state index is 11.1. The van der Waals surface area contributed by atoms with E-state index in [0.717, 1.165) is 19.4 Å². The summed E-state index contributed by atoms with van der Waals surface area (Å²) in [4.78, 5) is 23.1. The topological polar surface area (TPSA) is 69.6 Å². The van der Waals surface area contributed by atoms with Crippen LogP contribution < -0.4 is 5.32 Å². The summed E-state index contributed by atoms with van der Waals surface area (Å²) < 4.78 is 0. The van der Waals surface area contributed by atoms with Gasteiger partial charge in [-0.15, -0.1) is 0 Å². The van der Waals surface area contributed by atoms with Crippen molar-refractivity contribution in [2.75, 3.05) is 19.6 Å². The van der Waals surface area contributed by atoms with Crippen molar-refractivity contribution in [3.05, 3.63) is 0 Å². The van der Waals surface area contributed by atoms with Gasteiger partial charge in [-0.25, -0.2) is 0 Å². The zero-order valence-electron chi connectivity index (χ0n) is 8.32. The van der Waals surface area contributed by atoms with Crippen LogP contribution in [-0.4, -0.2) is 47.6 Å². The number of likely N-dealkylation sites (tertiary alicyclic amines) is 1. The molecule has 1 saturated heterocycles. The van der Waals surface area contributed by atoms with Gasteiger partial charge in [0.15, 0.2) is 0 Å². The average molecular weight is 200 g/mol. The monoisotopic (exact) mass is 200 g/mol. The van der Waals surface area contributed by atoms with Crippen molar-refractivity contribution in [3.63, 3.8) is 0 Å². The molecular formula is C9H16N2O3. The first-order chi connectivity index (χ1) is 6.59. The molecule has 1 aliphatic heterocycles. The maximum absolute atomic E-state index is 11.1. The number of nitrogens with one attached hydrogen (secondary N) is 1. The van der Waals surface area contributed by atoms with Gasteiger partial charge in [-0.2, -0.15) is 0 Å². The quantitative estimate of drug-likeness (QED) is 0.654. The number of carbonyl (C=O) groups excluding carboxylic acids is 1. The van der Waals surface area contributed by atoms with Crippen LogP contribution in [0.2, 0.25) is 0 Å². The van der Waals surface area contributed by atoms with Gasteiger partial charge >= 0.3 is 5.97 Å². The Labute approximate surface area is 83.1 Å². The fourth-order valence-electron chi connectivity index (χ4n) is 1.66. The molecule has 1 amide bonds. The van der Waals surface area contributed by atoms with Gasteiger partial charge in [-0.1, -0.05) is 0 Å². The van der Waals surface area contributed by atoms with Crippen LogP contribution in [0, 0.1) is 0 Å². The van der Waals surface area contributed by atoms with E-state index in [4.69, 9.17) is 5.11 Å². The molecule has 1 rings (SSSR count). The summed E-state index contributed by atoms with van der Waals surface area (Å²) >= 11 is 0. The Balaban J connectivity index is 2.32. The second kappa shape index (κ2) is 4.95. The van der Waals surface area contributed by atoms with Gasteiger partial charge < -0.3 is 15.3 Å². The van der Waals surface area contributed by atoms with Crippen molar-refractivity contribution in [2.45, 2.75) is 25.8 Å². The van der Waals surface area contributed by atoms with Gasteiger partial charge in [0, 0.05) is 26.1 Å². The number of carbonyl (C=O) groups is 2. The van der Waals surface area contributed by atoms with E-state index >= 15 is 0 Å². The first-order valence-electron chi connectivity index (χ1n) is 4.80. The number of amides is 1. The lowest BCUT2D eigenvalue weighted by Crippen LogP contribution is -2.48. The summed E-state index contributed by atoms with van der Waals surface area (Å²) in [6.07, 6.45) is 1.88. The highest BCUT2D eigenvalue weighted by Gasteiger charge is 2.21. The standard InChI is InChI=1S/C9H16N2O3/c1-7(12)11-4-2-3-8(6-11)10-5-9(13)14/h8,10H,2-6H2,1H3,(H,13,14)/t8-/m0/s1. The average Bonchev–Trinajstić information content (AvgIpc) is 2.15. The van der Waals surface area contributed by atoms with Gasteiger partial charge in [0.1, 0.15) is 0 Å². The SMILES string of the molecule is CC(=O)N1CCC[C@H](NCC(=O)O)C1. The van der Waals surface area contributed by atoms with Crippen LogP contribution in [0.25, 0.3) is 0 Å². The summed E-state index contributed by atoms with van der Waals surface area (Å²) in [6.45, 7) is 2.93. The third-order valence-electron chi connectivity index (χ3n) is 2.41. The molecule has 0 aromatic heterocycles. The molecule has 0 unspecified atom stereocenters. The van der Waals surface area contributed by atoms with Crippen LogP contribution in [-0.2, 0) is 9.59 Å². The molecule has 0 saturated carbocycles. The lowest BCUT2D eigenvalue weighted by Gasteiger charge is -2.32. The Morgan fingerprint density at radius 2 is 2.29 bits per heavy atom. The first kappa shape index (κ1) is 11.0. The van der Waals surface area contributed by atoms with E-state index < -0.39 is 5.97 Å². The largest absolute Gasteiger partial charge is 0.480 e. The van der Waals surface area contributed by atoms with E-state index in [0.29, 0.717) is 6.54 Å². The predicted molar refractivity (Wildman–Crippen MR) is 50.9 cm³/mol. The van der Waals surface area contributed by atoms with Crippen LogP contribution >= 0.6 is 0 Å². The number of carboxylic acid groups (broad SMARTS) is 1. The highest BCUT2D eigenvalue weighted by Crippen LogP contribution is 2.09. The van der Waals surface area contributed by atoms with E-state index in [1.165, 1.54) is 0 Å². The minimum Gasteiger partial charge on any atom is -0.480 e. The molecule has 0 aromatic carbocycles. The van der Waals surface area contributed by atoms with Gasteiger partial charge in [0.25, 0.3) is 0 Å². The highest BCUT2D eigenvalue weighted by atomic mass is 16.4. The fourth-order valence-corrected chi connectivity index (χ4v) is 1.66. The Morgan fingerprint density at radius 3 is 2.86 bits per heavy atom. The van der Waals surface area contributed by atoms with E-state index in [2.05, 4.69) is 5.32 Å². The first-order valence-corrected chi connectivity index (χ1v) is 4.80. The fraction of sp³-hybridized carbons (Fsp3) is 0.778. The minimum atomic E-state index is -0.857. The Morgan fingerprint density at radius 1 is 1.57 bits per heavy atom. The summed E-state index contributed by atoms with van der Waals surface area (Å²) in [7, 11) is 0. The molecule has 14 heavy (non-hydrogen) atoms. The molecule has 5 nitrogen and oxygen atoms in total. The Bertz CT molecular complexity index is 230. The molecule has 1 heterocycles.